The summed E-state index contributed by atoms with van der Waals surface area (Å²) in [5.74, 6) is -0.152. The molecule has 18 heavy (non-hydrogen) atoms. The Labute approximate surface area is 111 Å². The zero-order valence-electron chi connectivity index (χ0n) is 11.2. The van der Waals surface area contributed by atoms with E-state index in [1.165, 1.54) is 6.92 Å². The van der Waals surface area contributed by atoms with E-state index in [0.29, 0.717) is 12.2 Å². The van der Waals surface area contributed by atoms with Crippen LogP contribution in [-0.2, 0) is 23.7 Å². The van der Waals surface area contributed by atoms with Gasteiger partial charge < -0.3 is 18.9 Å². The van der Waals surface area contributed by atoms with E-state index in [1.807, 2.05) is 20.1 Å². The molecule has 0 aromatic heterocycles. The highest BCUT2D eigenvalue weighted by atomic mass is 32.2. The summed E-state index contributed by atoms with van der Waals surface area (Å²) in [6.45, 7) is 5.16. The van der Waals surface area contributed by atoms with Gasteiger partial charge in [0.15, 0.2) is 12.1 Å². The van der Waals surface area contributed by atoms with E-state index in [0.717, 1.165) is 0 Å². The van der Waals surface area contributed by atoms with Crippen LogP contribution < -0.4 is 0 Å². The highest BCUT2D eigenvalue weighted by Crippen LogP contribution is 2.38. The lowest BCUT2D eigenvalue weighted by Gasteiger charge is -2.25. The first-order chi connectivity index (χ1) is 8.41. The monoisotopic (exact) mass is 276 g/mol. The summed E-state index contributed by atoms with van der Waals surface area (Å²) >= 11 is 1.63. The second kappa shape index (κ2) is 5.36. The third-order valence-corrected chi connectivity index (χ3v) is 3.64. The molecule has 0 aromatic carbocycles. The molecule has 2 aliphatic rings. The number of rotatable bonds is 4. The number of ether oxygens (including phenoxy) is 4. The topological polar surface area (TPSA) is 54.0 Å². The lowest BCUT2D eigenvalue weighted by Crippen LogP contribution is -2.35. The summed E-state index contributed by atoms with van der Waals surface area (Å²) in [6.07, 6.45) is 1.88. The Hall–Kier alpha value is -0.300. The van der Waals surface area contributed by atoms with Gasteiger partial charge in [-0.25, -0.2) is 0 Å². The average Bonchev–Trinajstić information content (AvgIpc) is 2.69. The van der Waals surface area contributed by atoms with Crippen LogP contribution in [-0.4, -0.2) is 48.4 Å². The van der Waals surface area contributed by atoms with Crippen molar-refractivity contribution >= 4 is 17.7 Å². The maximum absolute atomic E-state index is 11.1. The van der Waals surface area contributed by atoms with Gasteiger partial charge in [0.1, 0.15) is 18.3 Å². The molecule has 0 aromatic rings. The average molecular weight is 276 g/mol. The third-order valence-electron chi connectivity index (χ3n) is 2.98. The number of carbonyl (C=O) groups is 1. The van der Waals surface area contributed by atoms with Crippen LogP contribution in [0.1, 0.15) is 27.2 Å². The zero-order valence-corrected chi connectivity index (χ0v) is 12.0. The van der Waals surface area contributed by atoms with Crippen LogP contribution in [0.3, 0.4) is 0 Å². The molecule has 4 atom stereocenters. The number of hydrogen-bond acceptors (Lipinski definition) is 6. The van der Waals surface area contributed by atoms with Gasteiger partial charge >= 0.3 is 5.97 Å². The lowest BCUT2D eigenvalue weighted by atomic mass is 10.1. The Morgan fingerprint density at radius 2 is 2.22 bits per heavy atom. The molecular weight excluding hydrogens is 256 g/mol. The molecule has 2 aliphatic heterocycles. The summed E-state index contributed by atoms with van der Waals surface area (Å²) in [5.41, 5.74) is 0. The van der Waals surface area contributed by atoms with Crippen molar-refractivity contribution in [1.29, 1.82) is 0 Å². The molecule has 0 saturated carbocycles. The number of carbonyl (C=O) groups excluding carboxylic acids is 1. The highest BCUT2D eigenvalue weighted by Gasteiger charge is 2.50. The van der Waals surface area contributed by atoms with E-state index in [1.54, 1.807) is 11.8 Å². The standard InChI is InChI=1S/C12H20O5S/c1-7(13)14-10(6-18-4)8-5-9-11(15-8)17-12(2,3)16-9/h8-11H,5-6H2,1-4H3/t8-,9+,10?,11+/m0/s1. The quantitative estimate of drug-likeness (QED) is 0.726. The maximum atomic E-state index is 11.1. The molecule has 0 amide bonds. The maximum Gasteiger partial charge on any atom is 0.303 e. The van der Waals surface area contributed by atoms with Gasteiger partial charge in [-0.3, -0.25) is 4.79 Å². The van der Waals surface area contributed by atoms with Crippen LogP contribution in [0.25, 0.3) is 0 Å². The van der Waals surface area contributed by atoms with Crippen molar-refractivity contribution in [2.24, 2.45) is 0 Å². The first-order valence-electron chi connectivity index (χ1n) is 6.08. The summed E-state index contributed by atoms with van der Waals surface area (Å²) in [5, 5.41) is 0. The molecule has 2 heterocycles. The Balaban J connectivity index is 1.93. The molecule has 5 nitrogen and oxygen atoms in total. The van der Waals surface area contributed by atoms with Crippen molar-refractivity contribution in [2.75, 3.05) is 12.0 Å². The second-order valence-electron chi connectivity index (χ2n) is 5.06. The minimum atomic E-state index is -0.587. The number of fused-ring (bicyclic) bond motifs is 1. The smallest absolute Gasteiger partial charge is 0.303 e. The Kier molecular flexibility index (Phi) is 4.21. The van der Waals surface area contributed by atoms with E-state index in [4.69, 9.17) is 18.9 Å². The molecular formula is C12H20O5S. The van der Waals surface area contributed by atoms with Gasteiger partial charge in [0.25, 0.3) is 0 Å². The van der Waals surface area contributed by atoms with E-state index < -0.39 is 5.79 Å². The van der Waals surface area contributed by atoms with Crippen LogP contribution in [0.4, 0.5) is 0 Å². The van der Waals surface area contributed by atoms with Crippen molar-refractivity contribution in [3.8, 4) is 0 Å². The molecule has 1 unspecified atom stereocenters. The van der Waals surface area contributed by atoms with Crippen LogP contribution in [0.5, 0.6) is 0 Å². The largest absolute Gasteiger partial charge is 0.459 e. The van der Waals surface area contributed by atoms with Gasteiger partial charge in [-0.05, 0) is 20.1 Å². The molecule has 0 radical (unpaired) electrons. The van der Waals surface area contributed by atoms with E-state index in [9.17, 15) is 4.79 Å². The van der Waals surface area contributed by atoms with Gasteiger partial charge in [-0.2, -0.15) is 11.8 Å². The van der Waals surface area contributed by atoms with Crippen molar-refractivity contribution in [3.63, 3.8) is 0 Å². The van der Waals surface area contributed by atoms with Crippen molar-refractivity contribution in [1.82, 2.24) is 0 Å². The Bertz CT molecular complexity index is 304. The molecule has 104 valence electrons. The number of hydrogen-bond donors (Lipinski definition) is 0. The summed E-state index contributed by atoms with van der Waals surface area (Å²) < 4.78 is 22.5. The molecule has 0 bridgehead atoms. The van der Waals surface area contributed by atoms with Gasteiger partial charge in [0, 0.05) is 19.1 Å². The highest BCUT2D eigenvalue weighted by molar-refractivity contribution is 7.98. The molecule has 2 fully saturated rings. The number of esters is 1. The van der Waals surface area contributed by atoms with E-state index in [-0.39, 0.29) is 30.6 Å². The van der Waals surface area contributed by atoms with E-state index in [2.05, 4.69) is 0 Å². The fourth-order valence-electron chi connectivity index (χ4n) is 2.37. The minimum Gasteiger partial charge on any atom is -0.459 e. The van der Waals surface area contributed by atoms with Crippen LogP contribution in [0, 0.1) is 0 Å². The van der Waals surface area contributed by atoms with Gasteiger partial charge in [0.05, 0.1) is 0 Å². The van der Waals surface area contributed by atoms with Crippen molar-refractivity contribution < 1.29 is 23.7 Å². The molecule has 0 spiro atoms. The molecule has 0 N–H and O–H groups in total. The summed E-state index contributed by atoms with van der Waals surface area (Å²) in [6, 6.07) is 0. The van der Waals surface area contributed by atoms with Gasteiger partial charge in [-0.15, -0.1) is 0 Å². The van der Waals surface area contributed by atoms with Gasteiger partial charge in [-0.1, -0.05) is 0 Å². The minimum absolute atomic E-state index is 0.0649. The van der Waals surface area contributed by atoms with Crippen LogP contribution in [0.15, 0.2) is 0 Å². The Morgan fingerprint density at radius 3 is 2.78 bits per heavy atom. The molecule has 6 heteroatoms. The fourth-order valence-corrected chi connectivity index (χ4v) is 2.98. The van der Waals surface area contributed by atoms with Crippen LogP contribution >= 0.6 is 11.8 Å². The first-order valence-corrected chi connectivity index (χ1v) is 7.48. The van der Waals surface area contributed by atoms with Crippen molar-refractivity contribution in [3.05, 3.63) is 0 Å². The molecule has 2 saturated heterocycles. The lowest BCUT2D eigenvalue weighted by molar-refractivity contribution is -0.215. The predicted octanol–water partition coefficient (Wildman–Crippen LogP) is 1.55. The number of thioether (sulfide) groups is 1. The first kappa shape index (κ1) is 14.1. The Morgan fingerprint density at radius 1 is 1.50 bits per heavy atom. The van der Waals surface area contributed by atoms with Crippen LogP contribution in [0.2, 0.25) is 0 Å². The predicted molar refractivity (Wildman–Crippen MR) is 67.3 cm³/mol. The van der Waals surface area contributed by atoms with Gasteiger partial charge in [0.2, 0.25) is 0 Å². The SMILES string of the molecule is CSCC(OC(C)=O)[C@@H]1C[C@H]2OC(C)(C)O[C@H]2O1. The third kappa shape index (κ3) is 3.17. The van der Waals surface area contributed by atoms with Crippen molar-refractivity contribution in [2.45, 2.75) is 57.6 Å². The molecule has 0 aliphatic carbocycles. The zero-order chi connectivity index (χ0) is 13.3. The van der Waals surface area contributed by atoms with E-state index >= 15 is 0 Å². The second-order valence-corrected chi connectivity index (χ2v) is 5.97. The summed E-state index contributed by atoms with van der Waals surface area (Å²) in [7, 11) is 0. The normalized spacial score (nSPS) is 35.2. The fraction of sp³-hybridized carbons (Fsp3) is 0.917. The molecule has 2 rings (SSSR count). The summed E-state index contributed by atoms with van der Waals surface area (Å²) in [4.78, 5) is 11.1.